The molecule has 5 heteroatoms. The van der Waals surface area contributed by atoms with E-state index in [0.717, 1.165) is 28.8 Å². The predicted molar refractivity (Wildman–Crippen MR) is 128 cm³/mol. The number of carbonyl (C=O) groups excluding carboxylic acids is 1. The molecule has 4 nitrogen and oxygen atoms in total. The van der Waals surface area contributed by atoms with E-state index in [1.165, 1.54) is 37.8 Å². The topological polar surface area (TPSA) is 46.1 Å². The van der Waals surface area contributed by atoms with Crippen LogP contribution in [0, 0.1) is 28.6 Å². The van der Waals surface area contributed by atoms with Crippen molar-refractivity contribution in [2.45, 2.75) is 64.3 Å². The molecule has 0 spiro atoms. The van der Waals surface area contributed by atoms with E-state index in [1.54, 1.807) is 11.3 Å². The molecule has 0 aromatic carbocycles. The summed E-state index contributed by atoms with van der Waals surface area (Å²) in [5, 5.41) is 3.41. The summed E-state index contributed by atoms with van der Waals surface area (Å²) in [6.45, 7) is 5.00. The van der Waals surface area contributed by atoms with Crippen molar-refractivity contribution in [1.82, 2.24) is 14.9 Å². The minimum Gasteiger partial charge on any atom is -0.338 e. The van der Waals surface area contributed by atoms with E-state index in [9.17, 15) is 4.79 Å². The van der Waals surface area contributed by atoms with E-state index in [1.807, 2.05) is 36.5 Å². The van der Waals surface area contributed by atoms with Crippen molar-refractivity contribution in [3.8, 4) is 10.6 Å². The third-order valence-electron chi connectivity index (χ3n) is 9.92. The number of carbonyl (C=O) groups is 1. The average Bonchev–Trinajstić information content (AvgIpc) is 3.41. The van der Waals surface area contributed by atoms with Crippen LogP contribution in [-0.4, -0.2) is 33.9 Å². The smallest absolute Gasteiger partial charge is 0.246 e. The molecule has 2 aromatic heterocycles. The van der Waals surface area contributed by atoms with Crippen LogP contribution in [0.5, 0.6) is 0 Å². The maximum absolute atomic E-state index is 12.3. The third kappa shape index (κ3) is 2.82. The van der Waals surface area contributed by atoms with Gasteiger partial charge in [-0.3, -0.25) is 9.78 Å². The van der Waals surface area contributed by atoms with Crippen molar-refractivity contribution in [3.05, 3.63) is 47.8 Å². The fourth-order valence-electron chi connectivity index (χ4n) is 8.29. The zero-order chi connectivity index (χ0) is 22.1. The fourth-order valence-corrected chi connectivity index (χ4v) is 9.16. The summed E-state index contributed by atoms with van der Waals surface area (Å²) in [5.41, 5.74) is 2.89. The molecular weight excluding hydrogens is 414 g/mol. The third-order valence-corrected chi connectivity index (χ3v) is 10.8. The van der Waals surface area contributed by atoms with Crippen molar-refractivity contribution in [2.75, 3.05) is 7.05 Å². The Balaban J connectivity index is 1.29. The Hall–Kier alpha value is -2.01. The van der Waals surface area contributed by atoms with Crippen LogP contribution in [0.3, 0.4) is 0 Å². The lowest BCUT2D eigenvalue weighted by Gasteiger charge is -2.60. The van der Waals surface area contributed by atoms with Crippen LogP contribution >= 0.6 is 11.3 Å². The van der Waals surface area contributed by atoms with Gasteiger partial charge in [0, 0.05) is 47.8 Å². The number of rotatable bonds is 2. The van der Waals surface area contributed by atoms with Gasteiger partial charge in [-0.25, -0.2) is 4.98 Å². The highest BCUT2D eigenvalue weighted by atomic mass is 32.1. The van der Waals surface area contributed by atoms with Crippen molar-refractivity contribution < 1.29 is 4.79 Å². The first-order chi connectivity index (χ1) is 15.4. The van der Waals surface area contributed by atoms with Gasteiger partial charge in [-0.2, -0.15) is 0 Å². The van der Waals surface area contributed by atoms with Crippen LogP contribution in [0.1, 0.15) is 64.0 Å². The highest BCUT2D eigenvalue weighted by Gasteiger charge is 2.60. The molecule has 0 N–H and O–H groups in total. The molecule has 3 saturated carbocycles. The average molecular weight is 448 g/mol. The number of amides is 1. The summed E-state index contributed by atoms with van der Waals surface area (Å²) < 4.78 is 0. The molecule has 32 heavy (non-hydrogen) atoms. The number of thiazole rings is 1. The number of nitrogens with zero attached hydrogens (tertiary/aromatic N) is 3. The van der Waals surface area contributed by atoms with Crippen LogP contribution < -0.4 is 0 Å². The largest absolute Gasteiger partial charge is 0.338 e. The maximum atomic E-state index is 12.3. The Morgan fingerprint density at radius 2 is 2.00 bits per heavy atom. The van der Waals surface area contributed by atoms with E-state index >= 15 is 0 Å². The van der Waals surface area contributed by atoms with Gasteiger partial charge in [0.15, 0.2) is 0 Å². The zero-order valence-corrected chi connectivity index (χ0v) is 20.1. The minimum atomic E-state index is 0.124. The number of aromatic nitrogens is 2. The van der Waals surface area contributed by atoms with E-state index < -0.39 is 0 Å². The van der Waals surface area contributed by atoms with Crippen molar-refractivity contribution in [1.29, 1.82) is 0 Å². The second-order valence-corrected chi connectivity index (χ2v) is 12.0. The number of fused-ring (bicyclic) bond motifs is 5. The van der Waals surface area contributed by atoms with Crippen LogP contribution in [-0.2, 0) is 4.79 Å². The van der Waals surface area contributed by atoms with E-state index in [4.69, 9.17) is 4.98 Å². The molecule has 1 aliphatic heterocycles. The van der Waals surface area contributed by atoms with Crippen LogP contribution in [0.15, 0.2) is 42.1 Å². The van der Waals surface area contributed by atoms with Gasteiger partial charge in [0.05, 0.1) is 5.69 Å². The first-order valence-electron chi connectivity index (χ1n) is 12.2. The second kappa shape index (κ2) is 7.24. The van der Waals surface area contributed by atoms with E-state index in [0.29, 0.717) is 23.3 Å². The molecule has 168 valence electrons. The molecule has 3 fully saturated rings. The Morgan fingerprint density at radius 3 is 2.81 bits per heavy atom. The molecule has 4 aliphatic rings. The van der Waals surface area contributed by atoms with E-state index in [-0.39, 0.29) is 11.3 Å². The van der Waals surface area contributed by atoms with Crippen LogP contribution in [0.25, 0.3) is 10.6 Å². The van der Waals surface area contributed by atoms with Crippen molar-refractivity contribution in [3.63, 3.8) is 0 Å². The molecule has 3 heterocycles. The molecule has 0 bridgehead atoms. The van der Waals surface area contributed by atoms with Crippen LogP contribution in [0.4, 0.5) is 0 Å². The number of likely N-dealkylation sites (N-methyl/N-ethyl adjacent to an activating group) is 1. The first-order valence-corrected chi connectivity index (χ1v) is 13.1. The van der Waals surface area contributed by atoms with Gasteiger partial charge in [0.2, 0.25) is 5.91 Å². The summed E-state index contributed by atoms with van der Waals surface area (Å²) in [4.78, 5) is 23.7. The van der Waals surface area contributed by atoms with Gasteiger partial charge >= 0.3 is 0 Å². The normalized spacial score (nSPS) is 40.7. The molecule has 6 rings (SSSR count). The van der Waals surface area contributed by atoms with Gasteiger partial charge in [-0.05, 0) is 79.9 Å². The predicted octanol–water partition coefficient (Wildman–Crippen LogP) is 5.93. The quantitative estimate of drug-likeness (QED) is 0.573. The number of hydrogen-bond donors (Lipinski definition) is 0. The lowest BCUT2D eigenvalue weighted by Crippen LogP contribution is -2.59. The van der Waals surface area contributed by atoms with Crippen molar-refractivity contribution in [2.24, 2.45) is 28.6 Å². The molecule has 1 amide bonds. The summed E-state index contributed by atoms with van der Waals surface area (Å²) in [7, 11) is 2.01. The van der Waals surface area contributed by atoms with Gasteiger partial charge in [-0.15, -0.1) is 11.3 Å². The van der Waals surface area contributed by atoms with E-state index in [2.05, 4.69) is 36.4 Å². The molecule has 2 unspecified atom stereocenters. The Morgan fingerprint density at radius 1 is 1.12 bits per heavy atom. The first kappa shape index (κ1) is 20.6. The SMILES string of the molecule is CN1C(=O)C=C[C@@]2(C)C1CC[C@@H]1[C@H]2CC[C@]2(C)C(c3csc(-c4cccnc4)n3)CC[C@@H]12. The second-order valence-electron chi connectivity index (χ2n) is 11.1. The molecule has 2 aromatic rings. The lowest BCUT2D eigenvalue weighted by molar-refractivity contribution is -0.138. The fraction of sp³-hybridized carbons (Fsp3) is 0.593. The molecule has 7 atom stereocenters. The Kier molecular flexibility index (Phi) is 4.66. The van der Waals surface area contributed by atoms with Crippen molar-refractivity contribution >= 4 is 17.2 Å². The minimum absolute atomic E-state index is 0.124. The lowest BCUT2D eigenvalue weighted by atomic mass is 9.47. The van der Waals surface area contributed by atoms with Gasteiger partial charge < -0.3 is 4.90 Å². The highest BCUT2D eigenvalue weighted by molar-refractivity contribution is 7.13. The summed E-state index contributed by atoms with van der Waals surface area (Å²) in [5.74, 6) is 2.96. The molecule has 0 saturated heterocycles. The molecule has 3 aliphatic carbocycles. The highest BCUT2D eigenvalue weighted by Crippen LogP contribution is 2.67. The van der Waals surface area contributed by atoms with Gasteiger partial charge in [0.1, 0.15) is 5.01 Å². The monoisotopic (exact) mass is 447 g/mol. The van der Waals surface area contributed by atoms with Gasteiger partial charge in [0.25, 0.3) is 0 Å². The maximum Gasteiger partial charge on any atom is 0.246 e. The summed E-state index contributed by atoms with van der Waals surface area (Å²) >= 11 is 1.77. The van der Waals surface area contributed by atoms with Gasteiger partial charge in [-0.1, -0.05) is 19.9 Å². The number of hydrogen-bond acceptors (Lipinski definition) is 4. The standard InChI is InChI=1S/C27H33N3OS/c1-26-12-10-20-18(6-9-23-27(20,2)13-11-24(31)30(23)3)19(26)7-8-21(26)22-16-32-25(29-22)17-5-4-14-28-15-17/h4-5,11,13-16,18-21,23H,6-10,12H2,1-3H3/t18-,19-,20+,21?,23?,26-,27+/m0/s1. The summed E-state index contributed by atoms with van der Waals surface area (Å²) in [6, 6.07) is 4.47. The zero-order valence-electron chi connectivity index (χ0n) is 19.3. The summed E-state index contributed by atoms with van der Waals surface area (Å²) in [6.07, 6.45) is 15.4. The molecular formula is C27H33N3OS. The Labute approximate surface area is 195 Å². The van der Waals surface area contributed by atoms with Crippen LogP contribution in [0.2, 0.25) is 0 Å². The number of pyridine rings is 1. The Bertz CT molecular complexity index is 1060. The molecule has 0 radical (unpaired) electrons.